The molecule has 7 rings (SSSR count). The number of rotatable bonds is 4. The van der Waals surface area contributed by atoms with Crippen molar-refractivity contribution < 1.29 is 9.53 Å². The monoisotopic (exact) mass is 572 g/mol. The number of aryl methyl sites for hydroxylation is 3. The minimum absolute atomic E-state index is 0. The number of anilines is 1. The van der Waals surface area contributed by atoms with Gasteiger partial charge in [0, 0.05) is 67.8 Å². The molecule has 5 heterocycles. The molecule has 3 fully saturated rings. The molecule has 0 radical (unpaired) electrons. The summed E-state index contributed by atoms with van der Waals surface area (Å²) in [5, 5.41) is 0. The summed E-state index contributed by atoms with van der Waals surface area (Å²) in [5.74, 6) is 0.105. The Hall–Kier alpha value is -3.46. The molecule has 1 N–H and O–H groups in total. The quantitative estimate of drug-likeness (QED) is 0.376. The average Bonchev–Trinajstić information content (AvgIpc) is 3.31. The minimum atomic E-state index is 0. The molecule has 2 aromatic carbocycles. The molecule has 9 heteroatoms. The van der Waals surface area contributed by atoms with Crippen molar-refractivity contribution in [3.8, 4) is 22.4 Å². The van der Waals surface area contributed by atoms with Gasteiger partial charge in [-0.3, -0.25) is 4.79 Å². The summed E-state index contributed by atoms with van der Waals surface area (Å²) in [6.45, 7) is 13.8. The second-order valence-electron chi connectivity index (χ2n) is 12.1. The normalized spacial score (nSPS) is 18.2. The van der Waals surface area contributed by atoms with Crippen LogP contribution in [0.15, 0.2) is 42.7 Å². The van der Waals surface area contributed by atoms with E-state index >= 15 is 0 Å². The van der Waals surface area contributed by atoms with Crippen LogP contribution < -0.4 is 4.90 Å². The zero-order valence-electron chi connectivity index (χ0n) is 24.2. The highest BCUT2D eigenvalue weighted by Gasteiger charge is 2.50. The molecule has 3 aliphatic rings. The van der Waals surface area contributed by atoms with E-state index in [4.69, 9.17) is 14.7 Å². The molecule has 0 unspecified atom stereocenters. The molecule has 0 aliphatic carbocycles. The van der Waals surface area contributed by atoms with Crippen LogP contribution in [-0.2, 0) is 4.74 Å². The van der Waals surface area contributed by atoms with Crippen molar-refractivity contribution in [1.29, 1.82) is 0 Å². The SMILES string of the molecule is Cc1cc(-c2c[nH]c3ncc(-c4cc(C)c(N5CCN(C)CC5)c(C)c4)nc23)ccc1C(=O)N1CC2(COC2)C1.Cl. The first-order valence-corrected chi connectivity index (χ1v) is 14.2. The van der Waals surface area contributed by atoms with Crippen LogP contribution in [-0.4, -0.2) is 90.2 Å². The van der Waals surface area contributed by atoms with E-state index in [0.717, 1.165) is 97.2 Å². The Labute approximate surface area is 247 Å². The number of likely N-dealkylation sites (tertiary alicyclic amines) is 1. The highest BCUT2D eigenvalue weighted by Crippen LogP contribution is 2.39. The average molecular weight is 573 g/mol. The number of nitrogens with zero attached hydrogens (tertiary/aromatic N) is 5. The Morgan fingerprint density at radius 3 is 2.27 bits per heavy atom. The predicted octanol–water partition coefficient (Wildman–Crippen LogP) is 4.86. The lowest BCUT2D eigenvalue weighted by molar-refractivity contribution is -0.176. The third-order valence-electron chi connectivity index (χ3n) is 8.91. The van der Waals surface area contributed by atoms with Crippen LogP contribution in [0.3, 0.4) is 0 Å². The summed E-state index contributed by atoms with van der Waals surface area (Å²) in [6.07, 6.45) is 3.82. The number of carbonyl (C=O) groups excluding carboxylic acids is 1. The topological polar surface area (TPSA) is 77.6 Å². The van der Waals surface area contributed by atoms with Crippen molar-refractivity contribution >= 4 is 35.2 Å². The number of amides is 1. The lowest BCUT2D eigenvalue weighted by Crippen LogP contribution is -2.67. The molecule has 0 atom stereocenters. The largest absolute Gasteiger partial charge is 0.380 e. The molecule has 0 bridgehead atoms. The van der Waals surface area contributed by atoms with Crippen molar-refractivity contribution in [3.63, 3.8) is 0 Å². The third kappa shape index (κ3) is 4.78. The fraction of sp³-hybridized carbons (Fsp3) is 0.406. The van der Waals surface area contributed by atoms with E-state index in [-0.39, 0.29) is 23.7 Å². The Morgan fingerprint density at radius 1 is 0.951 bits per heavy atom. The maximum atomic E-state index is 13.1. The fourth-order valence-electron chi connectivity index (χ4n) is 6.61. The number of likely N-dealkylation sites (N-methyl/N-ethyl adjacent to an activating group) is 1. The van der Waals surface area contributed by atoms with Gasteiger partial charge in [-0.05, 0) is 68.3 Å². The highest BCUT2D eigenvalue weighted by atomic mass is 35.5. The number of benzene rings is 2. The molecule has 0 saturated carbocycles. The second-order valence-corrected chi connectivity index (χ2v) is 12.1. The smallest absolute Gasteiger partial charge is 0.254 e. The van der Waals surface area contributed by atoms with Crippen molar-refractivity contribution in [3.05, 3.63) is 65.0 Å². The molecule has 1 spiro atoms. The maximum Gasteiger partial charge on any atom is 0.254 e. The van der Waals surface area contributed by atoms with Gasteiger partial charge in [0.1, 0.15) is 5.52 Å². The van der Waals surface area contributed by atoms with Gasteiger partial charge in [-0.2, -0.15) is 0 Å². The van der Waals surface area contributed by atoms with E-state index in [2.05, 4.69) is 53.9 Å². The Kier molecular flexibility index (Phi) is 7.04. The van der Waals surface area contributed by atoms with Gasteiger partial charge in [0.25, 0.3) is 5.91 Å². The van der Waals surface area contributed by atoms with E-state index in [9.17, 15) is 4.79 Å². The Bertz CT molecular complexity index is 1610. The van der Waals surface area contributed by atoms with Gasteiger partial charge in [0.15, 0.2) is 5.65 Å². The predicted molar refractivity (Wildman–Crippen MR) is 165 cm³/mol. The molecule has 4 aromatic rings. The number of H-pyrrole nitrogens is 1. The summed E-state index contributed by atoms with van der Waals surface area (Å²) in [4.78, 5) is 33.0. The standard InChI is InChI=1S/C32H36N6O2.ClH/c1-20-11-23(5-6-25(20)31(39)38-16-32(17-38)18-40-19-32)26-14-33-30-28(26)35-27(15-34-30)24-12-21(2)29(22(3)13-24)37-9-7-36(4)8-10-37;/h5-6,11-15H,7-10,16-19H2,1-4H3,(H,33,34);1H. The molecule has 8 nitrogen and oxygen atoms in total. The van der Waals surface area contributed by atoms with Crippen molar-refractivity contribution in [2.24, 2.45) is 5.41 Å². The molecular weight excluding hydrogens is 536 g/mol. The van der Waals surface area contributed by atoms with E-state index in [1.165, 1.54) is 16.8 Å². The van der Waals surface area contributed by atoms with Crippen LogP contribution in [0.25, 0.3) is 33.5 Å². The maximum absolute atomic E-state index is 13.1. The Morgan fingerprint density at radius 2 is 1.63 bits per heavy atom. The molecule has 3 saturated heterocycles. The fourth-order valence-corrected chi connectivity index (χ4v) is 6.61. The number of nitrogens with one attached hydrogen (secondary N) is 1. The van der Waals surface area contributed by atoms with Gasteiger partial charge in [-0.25, -0.2) is 9.97 Å². The lowest BCUT2D eigenvalue weighted by Gasteiger charge is -2.55. The molecule has 1 amide bonds. The number of aromatic amines is 1. The second kappa shape index (κ2) is 10.4. The van der Waals surface area contributed by atoms with Gasteiger partial charge >= 0.3 is 0 Å². The zero-order valence-corrected chi connectivity index (χ0v) is 25.0. The number of hydrogen-bond donors (Lipinski definition) is 1. The first-order valence-electron chi connectivity index (χ1n) is 14.2. The molecule has 214 valence electrons. The van der Waals surface area contributed by atoms with Crippen LogP contribution >= 0.6 is 12.4 Å². The van der Waals surface area contributed by atoms with Crippen molar-refractivity contribution in [2.75, 3.05) is 64.4 Å². The number of ether oxygens (including phenoxy) is 1. The number of piperazine rings is 1. The summed E-state index contributed by atoms with van der Waals surface area (Å²) >= 11 is 0. The number of halogens is 1. The molecule has 2 aromatic heterocycles. The first kappa shape index (κ1) is 27.7. The first-order chi connectivity index (χ1) is 19.3. The van der Waals surface area contributed by atoms with Crippen LogP contribution in [0, 0.1) is 26.2 Å². The van der Waals surface area contributed by atoms with Crippen LogP contribution in [0.4, 0.5) is 5.69 Å². The van der Waals surface area contributed by atoms with E-state index in [1.807, 2.05) is 36.4 Å². The van der Waals surface area contributed by atoms with Gasteiger partial charge in [0.05, 0.1) is 30.5 Å². The number of hydrogen-bond acceptors (Lipinski definition) is 6. The van der Waals surface area contributed by atoms with Gasteiger partial charge < -0.3 is 24.4 Å². The van der Waals surface area contributed by atoms with Gasteiger partial charge in [-0.15, -0.1) is 12.4 Å². The third-order valence-corrected chi connectivity index (χ3v) is 8.91. The van der Waals surface area contributed by atoms with Gasteiger partial charge in [0.2, 0.25) is 0 Å². The van der Waals surface area contributed by atoms with Crippen LogP contribution in [0.5, 0.6) is 0 Å². The summed E-state index contributed by atoms with van der Waals surface area (Å²) in [7, 11) is 2.19. The molecule has 41 heavy (non-hydrogen) atoms. The van der Waals surface area contributed by atoms with Crippen LogP contribution in [0.2, 0.25) is 0 Å². The Balaban J connectivity index is 0.00000302. The molecular formula is C32H37ClN6O2. The van der Waals surface area contributed by atoms with E-state index in [0.29, 0.717) is 0 Å². The van der Waals surface area contributed by atoms with Crippen LogP contribution in [0.1, 0.15) is 27.0 Å². The number of carbonyl (C=O) groups is 1. The lowest BCUT2D eigenvalue weighted by atomic mass is 9.77. The summed E-state index contributed by atoms with van der Waals surface area (Å²) in [5.41, 5.74) is 11.4. The number of aromatic nitrogens is 3. The van der Waals surface area contributed by atoms with E-state index in [1.54, 1.807) is 0 Å². The molecule has 3 aliphatic heterocycles. The minimum Gasteiger partial charge on any atom is -0.380 e. The number of fused-ring (bicyclic) bond motifs is 1. The van der Waals surface area contributed by atoms with E-state index < -0.39 is 0 Å². The van der Waals surface area contributed by atoms with Crippen molar-refractivity contribution in [1.82, 2.24) is 24.8 Å². The summed E-state index contributed by atoms with van der Waals surface area (Å²) in [6, 6.07) is 10.5. The zero-order chi connectivity index (χ0) is 27.6. The summed E-state index contributed by atoms with van der Waals surface area (Å²) < 4.78 is 5.36. The van der Waals surface area contributed by atoms with Gasteiger partial charge in [-0.1, -0.05) is 12.1 Å². The van der Waals surface area contributed by atoms with Crippen molar-refractivity contribution in [2.45, 2.75) is 20.8 Å². The highest BCUT2D eigenvalue weighted by molar-refractivity contribution is 5.98.